The van der Waals surface area contributed by atoms with Gasteiger partial charge in [0.25, 0.3) is 0 Å². The van der Waals surface area contributed by atoms with E-state index >= 15 is 0 Å². The van der Waals surface area contributed by atoms with E-state index in [2.05, 4.69) is 41.7 Å². The molecule has 2 rings (SSSR count). The molecule has 0 radical (unpaired) electrons. The van der Waals surface area contributed by atoms with Gasteiger partial charge < -0.3 is 9.84 Å². The van der Waals surface area contributed by atoms with Gasteiger partial charge in [-0.2, -0.15) is 0 Å². The summed E-state index contributed by atoms with van der Waals surface area (Å²) in [6, 6.07) is 9.74. The Morgan fingerprint density at radius 2 is 1.85 bits per heavy atom. The molecule has 1 aromatic carbocycles. The summed E-state index contributed by atoms with van der Waals surface area (Å²) >= 11 is 3.32. The van der Waals surface area contributed by atoms with Gasteiger partial charge in [0, 0.05) is 16.2 Å². The minimum Gasteiger partial charge on any atom is -0.439 e. The Morgan fingerprint density at radius 3 is 2.40 bits per heavy atom. The van der Waals surface area contributed by atoms with E-state index in [1.165, 1.54) is 5.56 Å². The maximum absolute atomic E-state index is 9.33. The molecule has 0 saturated heterocycles. The van der Waals surface area contributed by atoms with Crippen LogP contribution in [0.1, 0.15) is 31.9 Å². The summed E-state index contributed by atoms with van der Waals surface area (Å²) in [6.45, 7) is 6.40. The van der Waals surface area contributed by atoms with Crippen LogP contribution in [-0.2, 0) is 12.0 Å². The van der Waals surface area contributed by atoms with Gasteiger partial charge in [-0.05, 0) is 45.1 Å². The van der Waals surface area contributed by atoms with E-state index < -0.39 is 0 Å². The normalized spacial score (nSPS) is 11.4. The first-order valence-electron chi connectivity index (χ1n) is 6.44. The summed E-state index contributed by atoms with van der Waals surface area (Å²) in [7, 11) is 0. The average molecular weight is 336 g/mol. The highest BCUT2D eigenvalue weighted by molar-refractivity contribution is 9.10. The largest absolute Gasteiger partial charge is 0.439 e. The van der Waals surface area contributed by atoms with Crippen LogP contribution in [0.4, 0.5) is 0 Å². The molecule has 0 aliphatic carbocycles. The monoisotopic (exact) mass is 335 g/mol. The van der Waals surface area contributed by atoms with Gasteiger partial charge >= 0.3 is 0 Å². The second-order valence-corrected chi connectivity index (χ2v) is 6.57. The van der Waals surface area contributed by atoms with E-state index in [4.69, 9.17) is 4.74 Å². The zero-order chi connectivity index (χ0) is 14.8. The molecule has 1 aromatic heterocycles. The smallest absolute Gasteiger partial charge is 0.224 e. The Kier molecular flexibility index (Phi) is 4.45. The SMILES string of the molecule is CC(C)(C)c1ccc(Oc2ncc(Br)cc2CO)cc1. The maximum atomic E-state index is 9.33. The number of nitrogens with zero attached hydrogens (tertiary/aromatic N) is 1. The topological polar surface area (TPSA) is 42.4 Å². The molecule has 106 valence electrons. The molecule has 2 aromatic rings. The average Bonchev–Trinajstić information content (AvgIpc) is 2.40. The van der Waals surface area contributed by atoms with Gasteiger partial charge in [0.1, 0.15) is 5.75 Å². The van der Waals surface area contributed by atoms with Crippen molar-refractivity contribution in [1.82, 2.24) is 4.98 Å². The first-order valence-corrected chi connectivity index (χ1v) is 7.23. The predicted molar refractivity (Wildman–Crippen MR) is 83.1 cm³/mol. The lowest BCUT2D eigenvalue weighted by molar-refractivity contribution is 0.275. The van der Waals surface area contributed by atoms with Gasteiger partial charge in [0.05, 0.1) is 6.61 Å². The third kappa shape index (κ3) is 3.58. The second kappa shape index (κ2) is 5.94. The minimum absolute atomic E-state index is 0.109. The van der Waals surface area contributed by atoms with Crippen molar-refractivity contribution < 1.29 is 9.84 Å². The van der Waals surface area contributed by atoms with Gasteiger partial charge in [0.2, 0.25) is 5.88 Å². The molecular weight excluding hydrogens is 318 g/mol. The molecule has 0 saturated carbocycles. The third-order valence-electron chi connectivity index (χ3n) is 3.00. The minimum atomic E-state index is -0.109. The fourth-order valence-electron chi connectivity index (χ4n) is 1.81. The molecular formula is C16H18BrNO2. The molecule has 0 fully saturated rings. The van der Waals surface area contributed by atoms with Crippen LogP contribution in [0, 0.1) is 0 Å². The number of aliphatic hydroxyl groups is 1. The number of ether oxygens (including phenoxy) is 1. The van der Waals surface area contributed by atoms with Crippen LogP contribution in [0.25, 0.3) is 0 Å². The zero-order valence-corrected chi connectivity index (χ0v) is 13.4. The Bertz CT molecular complexity index is 588. The number of hydrogen-bond acceptors (Lipinski definition) is 3. The molecule has 0 aliphatic rings. The van der Waals surface area contributed by atoms with E-state index in [-0.39, 0.29) is 12.0 Å². The zero-order valence-electron chi connectivity index (χ0n) is 11.9. The molecule has 3 nitrogen and oxygen atoms in total. The molecule has 20 heavy (non-hydrogen) atoms. The summed E-state index contributed by atoms with van der Waals surface area (Å²) in [5.74, 6) is 1.14. The van der Waals surface area contributed by atoms with Crippen molar-refractivity contribution in [2.24, 2.45) is 0 Å². The van der Waals surface area contributed by atoms with Crippen molar-refractivity contribution >= 4 is 15.9 Å². The molecule has 0 amide bonds. The van der Waals surface area contributed by atoms with Gasteiger partial charge in [0.15, 0.2) is 0 Å². The maximum Gasteiger partial charge on any atom is 0.224 e. The summed E-state index contributed by atoms with van der Waals surface area (Å²) in [5.41, 5.74) is 2.01. The van der Waals surface area contributed by atoms with Crippen LogP contribution in [0.3, 0.4) is 0 Å². The van der Waals surface area contributed by atoms with Crippen LogP contribution in [0.5, 0.6) is 11.6 Å². The molecule has 0 aliphatic heterocycles. The first kappa shape index (κ1) is 15.0. The Morgan fingerprint density at radius 1 is 1.20 bits per heavy atom. The summed E-state index contributed by atoms with van der Waals surface area (Å²) in [5, 5.41) is 9.33. The number of pyridine rings is 1. The number of rotatable bonds is 3. The quantitative estimate of drug-likeness (QED) is 0.902. The van der Waals surface area contributed by atoms with Crippen LogP contribution in [0.15, 0.2) is 41.0 Å². The van der Waals surface area contributed by atoms with E-state index in [9.17, 15) is 5.11 Å². The lowest BCUT2D eigenvalue weighted by atomic mass is 9.87. The molecule has 0 atom stereocenters. The molecule has 0 unspecified atom stereocenters. The summed E-state index contributed by atoms with van der Waals surface area (Å²) in [4.78, 5) is 4.19. The Labute approximate surface area is 127 Å². The van der Waals surface area contributed by atoms with Crippen LogP contribution >= 0.6 is 15.9 Å². The molecule has 0 spiro atoms. The Balaban J connectivity index is 2.22. The van der Waals surface area contributed by atoms with Crippen molar-refractivity contribution in [3.8, 4) is 11.6 Å². The van der Waals surface area contributed by atoms with Gasteiger partial charge in [-0.15, -0.1) is 0 Å². The van der Waals surface area contributed by atoms with E-state index in [0.717, 1.165) is 4.47 Å². The van der Waals surface area contributed by atoms with Crippen LogP contribution in [-0.4, -0.2) is 10.1 Å². The molecule has 4 heteroatoms. The van der Waals surface area contributed by atoms with Gasteiger partial charge in [-0.1, -0.05) is 32.9 Å². The first-order chi connectivity index (χ1) is 9.40. The number of hydrogen-bond donors (Lipinski definition) is 1. The fourth-order valence-corrected chi connectivity index (χ4v) is 2.19. The number of aliphatic hydroxyl groups excluding tert-OH is 1. The number of aromatic nitrogens is 1. The molecule has 1 N–H and O–H groups in total. The highest BCUT2D eigenvalue weighted by atomic mass is 79.9. The van der Waals surface area contributed by atoms with E-state index in [1.807, 2.05) is 24.3 Å². The fraction of sp³-hybridized carbons (Fsp3) is 0.312. The lowest BCUT2D eigenvalue weighted by Gasteiger charge is -2.19. The van der Waals surface area contributed by atoms with Crippen molar-refractivity contribution in [1.29, 1.82) is 0 Å². The number of benzene rings is 1. The van der Waals surface area contributed by atoms with Gasteiger partial charge in [-0.25, -0.2) is 4.98 Å². The molecule has 0 bridgehead atoms. The number of halogens is 1. The molecule has 1 heterocycles. The van der Waals surface area contributed by atoms with Crippen molar-refractivity contribution in [3.63, 3.8) is 0 Å². The summed E-state index contributed by atoms with van der Waals surface area (Å²) < 4.78 is 6.55. The highest BCUT2D eigenvalue weighted by Gasteiger charge is 2.13. The van der Waals surface area contributed by atoms with Crippen molar-refractivity contribution in [2.45, 2.75) is 32.8 Å². The second-order valence-electron chi connectivity index (χ2n) is 5.65. The van der Waals surface area contributed by atoms with Crippen LogP contribution in [0.2, 0.25) is 0 Å². The van der Waals surface area contributed by atoms with E-state index in [1.54, 1.807) is 12.3 Å². The van der Waals surface area contributed by atoms with Crippen LogP contribution < -0.4 is 4.74 Å². The highest BCUT2D eigenvalue weighted by Crippen LogP contribution is 2.28. The summed E-state index contributed by atoms with van der Waals surface area (Å²) in [6.07, 6.45) is 1.65. The van der Waals surface area contributed by atoms with Crippen molar-refractivity contribution in [2.75, 3.05) is 0 Å². The lowest BCUT2D eigenvalue weighted by Crippen LogP contribution is -2.10. The standard InChI is InChI=1S/C16H18BrNO2/c1-16(2,3)12-4-6-14(7-5-12)20-15-11(10-19)8-13(17)9-18-15/h4-9,19H,10H2,1-3H3. The Hall–Kier alpha value is -1.39. The van der Waals surface area contributed by atoms with Crippen molar-refractivity contribution in [3.05, 3.63) is 52.1 Å². The van der Waals surface area contributed by atoms with Gasteiger partial charge in [-0.3, -0.25) is 0 Å². The predicted octanol–water partition coefficient (Wildman–Crippen LogP) is 4.43. The third-order valence-corrected chi connectivity index (χ3v) is 3.43. The van der Waals surface area contributed by atoms with E-state index in [0.29, 0.717) is 17.2 Å².